The Kier molecular flexibility index (Phi) is 12.7. The van der Waals surface area contributed by atoms with Crippen LogP contribution in [0.25, 0.3) is 0 Å². The van der Waals surface area contributed by atoms with Gasteiger partial charge in [-0.05, 0) is 60.1 Å². The normalized spacial score (nSPS) is 13.8. The van der Waals surface area contributed by atoms with E-state index in [4.69, 9.17) is 19.9 Å². The van der Waals surface area contributed by atoms with Crippen LogP contribution in [0.2, 0.25) is 0 Å². The number of carbonyl (C=O) groups is 1. The molecule has 3 unspecified atom stereocenters. The second-order valence-corrected chi connectivity index (χ2v) is 9.47. The second-order valence-electron chi connectivity index (χ2n) is 9.47. The van der Waals surface area contributed by atoms with Gasteiger partial charge in [0.05, 0.1) is 26.2 Å². The molecule has 0 aliphatic rings. The van der Waals surface area contributed by atoms with E-state index in [1.807, 2.05) is 18.2 Å². The van der Waals surface area contributed by atoms with Gasteiger partial charge in [-0.1, -0.05) is 32.0 Å². The Morgan fingerprint density at radius 3 is 2.53 bits per heavy atom. The number of nitrogens with two attached hydrogens (primary N) is 1. The van der Waals surface area contributed by atoms with E-state index in [1.165, 1.54) is 12.1 Å². The highest BCUT2D eigenvalue weighted by atomic mass is 19.1. The summed E-state index contributed by atoms with van der Waals surface area (Å²) in [6, 6.07) is 11.3. The van der Waals surface area contributed by atoms with Gasteiger partial charge in [-0.3, -0.25) is 4.79 Å². The summed E-state index contributed by atoms with van der Waals surface area (Å²) in [5, 5.41) is 13.3. The van der Waals surface area contributed by atoms with Crippen LogP contribution in [-0.4, -0.2) is 57.1 Å². The van der Waals surface area contributed by atoms with Gasteiger partial charge in [-0.25, -0.2) is 4.39 Å². The zero-order chi connectivity index (χ0) is 26.5. The van der Waals surface area contributed by atoms with E-state index in [9.17, 15) is 14.3 Å². The fraction of sp³-hybridized carbons (Fsp3) is 0.536. The lowest BCUT2D eigenvalue weighted by atomic mass is 9.83. The molecule has 4 N–H and O–H groups in total. The van der Waals surface area contributed by atoms with E-state index in [0.717, 1.165) is 18.4 Å². The van der Waals surface area contributed by atoms with E-state index < -0.39 is 12.1 Å². The number of ether oxygens (including phenoxy) is 3. The fourth-order valence-electron chi connectivity index (χ4n) is 4.01. The van der Waals surface area contributed by atoms with Crippen molar-refractivity contribution >= 4 is 5.91 Å². The minimum Gasteiger partial charge on any atom is -0.493 e. The Balaban J connectivity index is 1.91. The molecule has 0 fully saturated rings. The highest BCUT2D eigenvalue weighted by Gasteiger charge is 2.23. The molecule has 0 aromatic heterocycles. The van der Waals surface area contributed by atoms with Gasteiger partial charge in [-0.15, -0.1) is 0 Å². The fourth-order valence-corrected chi connectivity index (χ4v) is 4.01. The van der Waals surface area contributed by atoms with Crippen molar-refractivity contribution in [3.63, 3.8) is 0 Å². The summed E-state index contributed by atoms with van der Waals surface area (Å²) in [7, 11) is 3.28. The molecule has 1 amide bonds. The Labute approximate surface area is 214 Å². The number of methoxy groups -OCH3 is 2. The van der Waals surface area contributed by atoms with Crippen molar-refractivity contribution in [3.8, 4) is 11.5 Å². The van der Waals surface area contributed by atoms with Gasteiger partial charge in [-0.2, -0.15) is 0 Å². The molecule has 3 atom stereocenters. The van der Waals surface area contributed by atoms with Crippen molar-refractivity contribution in [1.82, 2.24) is 5.32 Å². The molecule has 0 aliphatic carbocycles. The number of carbonyl (C=O) groups excluding carboxylic acids is 1. The number of hydrogen-bond acceptors (Lipinski definition) is 6. The van der Waals surface area contributed by atoms with E-state index in [2.05, 4.69) is 19.2 Å². The number of aliphatic hydroxyl groups excluding tert-OH is 1. The van der Waals surface area contributed by atoms with Gasteiger partial charge < -0.3 is 30.4 Å². The van der Waals surface area contributed by atoms with Crippen LogP contribution in [-0.2, 0) is 22.4 Å². The molecule has 2 aromatic carbocycles. The first-order valence-electron chi connectivity index (χ1n) is 12.5. The maximum Gasteiger partial charge on any atom is 0.224 e. The summed E-state index contributed by atoms with van der Waals surface area (Å²) in [6.07, 6.45) is 1.29. The number of rotatable bonds is 16. The molecular weight excluding hydrogens is 463 g/mol. The number of hydrogen-bond donors (Lipinski definition) is 3. The molecule has 7 nitrogen and oxygen atoms in total. The lowest BCUT2D eigenvalue weighted by molar-refractivity contribution is -0.121. The summed E-state index contributed by atoms with van der Waals surface area (Å²) >= 11 is 0. The summed E-state index contributed by atoms with van der Waals surface area (Å²) in [6.45, 7) is 5.47. The van der Waals surface area contributed by atoms with Gasteiger partial charge >= 0.3 is 0 Å². The number of benzene rings is 2. The molecule has 200 valence electrons. The van der Waals surface area contributed by atoms with Crippen LogP contribution in [0.3, 0.4) is 0 Å². The average molecular weight is 505 g/mol. The highest BCUT2D eigenvalue weighted by molar-refractivity contribution is 5.78. The van der Waals surface area contributed by atoms with E-state index >= 15 is 0 Å². The maximum absolute atomic E-state index is 13.3. The van der Waals surface area contributed by atoms with Crippen molar-refractivity contribution in [2.75, 3.05) is 34.0 Å². The third kappa shape index (κ3) is 10.1. The van der Waals surface area contributed by atoms with Crippen molar-refractivity contribution in [1.29, 1.82) is 0 Å². The Morgan fingerprint density at radius 1 is 1.08 bits per heavy atom. The Morgan fingerprint density at radius 2 is 1.86 bits per heavy atom. The molecule has 36 heavy (non-hydrogen) atoms. The topological polar surface area (TPSA) is 103 Å². The summed E-state index contributed by atoms with van der Waals surface area (Å²) < 4.78 is 29.7. The van der Waals surface area contributed by atoms with Crippen LogP contribution in [0.1, 0.15) is 37.8 Å². The molecule has 2 aromatic rings. The highest BCUT2D eigenvalue weighted by Crippen LogP contribution is 2.31. The van der Waals surface area contributed by atoms with Crippen LogP contribution in [0.5, 0.6) is 11.5 Å². The molecule has 0 aliphatic heterocycles. The molecule has 0 saturated heterocycles. The molecule has 0 heterocycles. The number of amides is 1. The zero-order valence-electron chi connectivity index (χ0n) is 21.8. The van der Waals surface area contributed by atoms with Gasteiger partial charge in [0.2, 0.25) is 5.91 Å². The van der Waals surface area contributed by atoms with E-state index in [-0.39, 0.29) is 30.6 Å². The summed E-state index contributed by atoms with van der Waals surface area (Å²) in [4.78, 5) is 12.2. The number of halogens is 1. The van der Waals surface area contributed by atoms with Crippen LogP contribution in [0, 0.1) is 17.7 Å². The van der Waals surface area contributed by atoms with Gasteiger partial charge in [0.15, 0.2) is 11.5 Å². The van der Waals surface area contributed by atoms with E-state index in [0.29, 0.717) is 42.6 Å². The van der Waals surface area contributed by atoms with Gasteiger partial charge in [0.25, 0.3) is 0 Å². The van der Waals surface area contributed by atoms with Crippen molar-refractivity contribution < 1.29 is 28.5 Å². The van der Waals surface area contributed by atoms with Crippen LogP contribution in [0.15, 0.2) is 42.5 Å². The lowest BCUT2D eigenvalue weighted by Gasteiger charge is -2.27. The van der Waals surface area contributed by atoms with Crippen molar-refractivity contribution in [2.45, 2.75) is 51.7 Å². The van der Waals surface area contributed by atoms with Crippen LogP contribution in [0.4, 0.5) is 4.39 Å². The molecule has 2 rings (SSSR count). The van der Waals surface area contributed by atoms with Crippen molar-refractivity contribution in [2.24, 2.45) is 17.6 Å². The number of aliphatic hydroxyl groups is 1. The third-order valence-corrected chi connectivity index (χ3v) is 6.25. The summed E-state index contributed by atoms with van der Waals surface area (Å²) in [5.74, 6) is 1.25. The van der Waals surface area contributed by atoms with Gasteiger partial charge in [0, 0.05) is 32.7 Å². The molecule has 0 saturated carbocycles. The quantitative estimate of drug-likeness (QED) is 0.303. The average Bonchev–Trinajstić information content (AvgIpc) is 2.84. The van der Waals surface area contributed by atoms with Crippen LogP contribution < -0.4 is 20.5 Å². The minimum absolute atomic E-state index is 0.0433. The molecule has 0 radical (unpaired) electrons. The predicted octanol–water partition coefficient (Wildman–Crippen LogP) is 3.50. The van der Waals surface area contributed by atoms with Crippen LogP contribution >= 0.6 is 0 Å². The molecule has 0 bridgehead atoms. The summed E-state index contributed by atoms with van der Waals surface area (Å²) in [5.41, 5.74) is 8.01. The van der Waals surface area contributed by atoms with E-state index in [1.54, 1.807) is 26.4 Å². The third-order valence-electron chi connectivity index (χ3n) is 6.25. The molecular formula is C28H41FN2O5. The number of nitrogens with one attached hydrogen (secondary N) is 1. The zero-order valence-corrected chi connectivity index (χ0v) is 21.8. The maximum atomic E-state index is 13.3. The first-order valence-corrected chi connectivity index (χ1v) is 12.5. The SMILES string of the molecule is COCCCOc1cc(CC(CC(N)C(O)CNC(=O)Cc2cccc(F)c2)C(C)C)ccc1OC. The Bertz CT molecular complexity index is 940. The first-order chi connectivity index (χ1) is 17.2. The Hall–Kier alpha value is -2.68. The lowest BCUT2D eigenvalue weighted by Crippen LogP contribution is -2.45. The largest absolute Gasteiger partial charge is 0.493 e. The molecule has 8 heteroatoms. The minimum atomic E-state index is -0.891. The molecule has 0 spiro atoms. The second kappa shape index (κ2) is 15.4. The smallest absolute Gasteiger partial charge is 0.224 e. The first kappa shape index (κ1) is 29.5. The monoisotopic (exact) mass is 504 g/mol. The van der Waals surface area contributed by atoms with Gasteiger partial charge in [0.1, 0.15) is 5.82 Å². The predicted molar refractivity (Wildman–Crippen MR) is 139 cm³/mol. The standard InChI is InChI=1S/C28H41FN2O5/c1-19(2)22(13-21-9-10-26(35-4)27(15-21)36-12-6-11-34-3)17-24(30)25(32)18-31-28(33)16-20-7-5-8-23(29)14-20/h5,7-10,14-15,19,22,24-25,32H,6,11-13,16-18,30H2,1-4H3,(H,31,33). The van der Waals surface area contributed by atoms with Crippen molar-refractivity contribution in [3.05, 3.63) is 59.4 Å².